The predicted octanol–water partition coefficient (Wildman–Crippen LogP) is 7.94. The Morgan fingerprint density at radius 3 is 2.33 bits per heavy atom. The maximum atomic E-state index is 14.6. The first-order chi connectivity index (χ1) is 20.0. The van der Waals surface area contributed by atoms with Crippen LogP contribution in [-0.4, -0.2) is 43.9 Å². The van der Waals surface area contributed by atoms with E-state index in [2.05, 4.69) is 61.5 Å². The zero-order chi connectivity index (χ0) is 31.3. The van der Waals surface area contributed by atoms with Gasteiger partial charge in [0.15, 0.2) is 5.78 Å². The van der Waals surface area contributed by atoms with E-state index in [0.29, 0.717) is 24.9 Å². The van der Waals surface area contributed by atoms with Crippen molar-refractivity contribution in [3.05, 3.63) is 11.6 Å². The summed E-state index contributed by atoms with van der Waals surface area (Å²) in [5.74, 6) is 0.869. The van der Waals surface area contributed by atoms with Gasteiger partial charge >= 0.3 is 5.97 Å². The molecule has 6 heteroatoms. The third-order valence-corrected chi connectivity index (χ3v) is 14.6. The Labute approximate surface area is 260 Å². The van der Waals surface area contributed by atoms with E-state index in [1.807, 2.05) is 6.92 Å². The number of hydrogen-bond donors (Lipinski definition) is 0. The highest BCUT2D eigenvalue weighted by molar-refractivity contribution is 5.97. The maximum Gasteiger partial charge on any atom is 0.311 e. The van der Waals surface area contributed by atoms with Gasteiger partial charge in [0.1, 0.15) is 6.61 Å². The molecule has 0 radical (unpaired) electrons. The minimum absolute atomic E-state index is 0.00957. The predicted molar refractivity (Wildman–Crippen MR) is 168 cm³/mol. The molecule has 5 fully saturated rings. The molecule has 1 aliphatic heterocycles. The van der Waals surface area contributed by atoms with Crippen molar-refractivity contribution < 1.29 is 23.9 Å². The fourth-order valence-electron chi connectivity index (χ4n) is 11.4. The summed E-state index contributed by atoms with van der Waals surface area (Å²) in [7, 11) is 0. The zero-order valence-electron chi connectivity index (χ0n) is 28.5. The molecule has 8 atom stereocenters. The number of nitrogens with zero attached hydrogens (tertiary/aromatic N) is 1. The van der Waals surface area contributed by atoms with Gasteiger partial charge in [-0.3, -0.25) is 9.59 Å². The second-order valence-electron chi connectivity index (χ2n) is 17.8. The second kappa shape index (κ2) is 9.90. The molecule has 1 heterocycles. The first kappa shape index (κ1) is 31.3. The molecule has 43 heavy (non-hydrogen) atoms. The molecule has 6 aliphatic rings. The number of ketones is 1. The molecule has 4 saturated carbocycles. The molecule has 0 amide bonds. The summed E-state index contributed by atoms with van der Waals surface area (Å²) in [6.45, 7) is 23.1. The molecule has 0 N–H and O–H groups in total. The Balaban J connectivity index is 1.32. The summed E-state index contributed by atoms with van der Waals surface area (Å²) in [5, 5.41) is 4.76. The average Bonchev–Trinajstić information content (AvgIpc) is 2.91. The van der Waals surface area contributed by atoms with Crippen LogP contribution in [0.5, 0.6) is 0 Å². The molecule has 6 rings (SSSR count). The van der Waals surface area contributed by atoms with Gasteiger partial charge in [-0.1, -0.05) is 59.2 Å². The van der Waals surface area contributed by atoms with E-state index in [0.717, 1.165) is 76.7 Å². The monoisotopic (exact) mass is 595 g/mol. The molecule has 0 spiro atoms. The number of rotatable bonds is 5. The van der Waals surface area contributed by atoms with Crippen molar-refractivity contribution in [3.8, 4) is 0 Å². The number of carbonyl (C=O) groups is 2. The van der Waals surface area contributed by atoms with E-state index < -0.39 is 5.41 Å². The summed E-state index contributed by atoms with van der Waals surface area (Å²) in [6.07, 6.45) is 11.0. The van der Waals surface area contributed by atoms with Gasteiger partial charge in [0.25, 0.3) is 0 Å². The molecule has 0 aromatic carbocycles. The quantitative estimate of drug-likeness (QED) is 0.238. The van der Waals surface area contributed by atoms with Crippen LogP contribution in [0.25, 0.3) is 0 Å². The van der Waals surface area contributed by atoms with E-state index in [4.69, 9.17) is 19.5 Å². The molecule has 0 aromatic heterocycles. The number of carbonyl (C=O) groups excluding carboxylic acids is 2. The topological polar surface area (TPSA) is 74.2 Å². The molecule has 1 saturated heterocycles. The lowest BCUT2D eigenvalue weighted by Gasteiger charge is -2.70. The maximum absolute atomic E-state index is 14.6. The normalized spacial score (nSPS) is 47.2. The summed E-state index contributed by atoms with van der Waals surface area (Å²) >= 11 is 0. The van der Waals surface area contributed by atoms with Crippen LogP contribution >= 0.6 is 0 Å². The van der Waals surface area contributed by atoms with Crippen molar-refractivity contribution in [1.29, 1.82) is 0 Å². The Morgan fingerprint density at radius 1 is 0.977 bits per heavy atom. The number of fused-ring (bicyclic) bond motifs is 7. The summed E-state index contributed by atoms with van der Waals surface area (Å²) in [6, 6.07) is 0. The smallest absolute Gasteiger partial charge is 0.311 e. The molecule has 0 aromatic rings. The minimum atomic E-state index is -0.488. The highest BCUT2D eigenvalue weighted by atomic mass is 16.6. The van der Waals surface area contributed by atoms with Gasteiger partial charge in [-0.25, -0.2) is 0 Å². The third kappa shape index (κ3) is 4.37. The van der Waals surface area contributed by atoms with Gasteiger partial charge in [-0.05, 0) is 111 Å². The highest BCUT2D eigenvalue weighted by Crippen LogP contribution is 2.75. The fourth-order valence-corrected chi connectivity index (χ4v) is 11.4. The van der Waals surface area contributed by atoms with E-state index in [1.54, 1.807) is 0 Å². The largest absolute Gasteiger partial charge is 0.466 e. The highest BCUT2D eigenvalue weighted by Gasteiger charge is 2.70. The SMILES string of the molecule is CCOC(=O)[C@@]1(C)CC[C@]2(C)CC[C@]3(C)C(=CC(=O)[C@@H]4[C@@]5(C)CC/C(=N\OCC6(C)COC6)C(C)(C)[C@@H]5CC[C@]43C)[C@@H]2C1. The van der Waals surface area contributed by atoms with Gasteiger partial charge in [-0.15, -0.1) is 0 Å². The van der Waals surface area contributed by atoms with E-state index in [9.17, 15) is 9.59 Å². The van der Waals surface area contributed by atoms with Crippen LogP contribution in [-0.2, 0) is 23.9 Å². The van der Waals surface area contributed by atoms with E-state index in [-0.39, 0.29) is 50.3 Å². The minimum Gasteiger partial charge on any atom is -0.466 e. The summed E-state index contributed by atoms with van der Waals surface area (Å²) < 4.78 is 11.0. The molecular formula is C37H57NO5. The lowest BCUT2D eigenvalue weighted by Crippen LogP contribution is -2.66. The first-order valence-electron chi connectivity index (χ1n) is 17.2. The second-order valence-corrected chi connectivity index (χ2v) is 17.8. The molecule has 0 unspecified atom stereocenters. The van der Waals surface area contributed by atoms with Crippen LogP contribution in [0.3, 0.4) is 0 Å². The van der Waals surface area contributed by atoms with Gasteiger partial charge < -0.3 is 14.3 Å². The van der Waals surface area contributed by atoms with Gasteiger partial charge in [0.05, 0.1) is 36.4 Å². The van der Waals surface area contributed by atoms with Gasteiger partial charge in [0.2, 0.25) is 0 Å². The van der Waals surface area contributed by atoms with Crippen LogP contribution in [0.4, 0.5) is 0 Å². The number of ether oxygens (including phenoxy) is 2. The van der Waals surface area contributed by atoms with E-state index >= 15 is 0 Å². The number of allylic oxidation sites excluding steroid dienone is 2. The molecule has 0 bridgehead atoms. The van der Waals surface area contributed by atoms with Crippen LogP contribution < -0.4 is 0 Å². The van der Waals surface area contributed by atoms with Crippen molar-refractivity contribution in [1.82, 2.24) is 0 Å². The van der Waals surface area contributed by atoms with Crippen LogP contribution in [0.15, 0.2) is 16.8 Å². The standard InChI is InChI=1S/C37H57NO5/c1-10-42-30(40)34(6)16-15-33(5)17-18-36(8)24(25(33)20-34)19-26(39)29-35(7)13-12-28(38-43-23-32(4)21-41-22-32)31(2,3)27(35)11-14-37(29,36)9/h19,25,27,29H,10-18,20-23H2,1-9H3/b38-28+/t25-,27-,29+,33+,34-,35-,36+,37+/m0/s1. The van der Waals surface area contributed by atoms with Gasteiger partial charge in [0, 0.05) is 11.3 Å². The number of oxime groups is 1. The Morgan fingerprint density at radius 2 is 1.67 bits per heavy atom. The lowest BCUT2D eigenvalue weighted by atomic mass is 9.33. The van der Waals surface area contributed by atoms with Crippen molar-refractivity contribution in [2.45, 2.75) is 120 Å². The molecule has 240 valence electrons. The molecule has 6 nitrogen and oxygen atoms in total. The Kier molecular flexibility index (Phi) is 7.21. The Bertz CT molecular complexity index is 1250. The first-order valence-corrected chi connectivity index (χ1v) is 17.2. The number of esters is 1. The van der Waals surface area contributed by atoms with Crippen LogP contribution in [0.2, 0.25) is 0 Å². The van der Waals surface area contributed by atoms with Crippen LogP contribution in [0, 0.1) is 55.7 Å². The van der Waals surface area contributed by atoms with Crippen molar-refractivity contribution in [2.24, 2.45) is 60.8 Å². The van der Waals surface area contributed by atoms with Crippen molar-refractivity contribution in [2.75, 3.05) is 26.4 Å². The van der Waals surface area contributed by atoms with Gasteiger partial charge in [-0.2, -0.15) is 0 Å². The van der Waals surface area contributed by atoms with Crippen molar-refractivity contribution in [3.63, 3.8) is 0 Å². The lowest BCUT2D eigenvalue weighted by molar-refractivity contribution is -0.177. The molecule has 5 aliphatic carbocycles. The van der Waals surface area contributed by atoms with E-state index in [1.165, 1.54) is 5.57 Å². The third-order valence-electron chi connectivity index (χ3n) is 14.6. The number of hydrogen-bond acceptors (Lipinski definition) is 6. The summed E-state index contributed by atoms with van der Waals surface area (Å²) in [5.41, 5.74) is 1.81. The van der Waals surface area contributed by atoms with Crippen molar-refractivity contribution >= 4 is 17.5 Å². The average molecular weight is 596 g/mol. The Hall–Kier alpha value is -1.69. The fraction of sp³-hybridized carbons (Fsp3) is 0.865. The summed E-state index contributed by atoms with van der Waals surface area (Å²) in [4.78, 5) is 33.8. The van der Waals surface area contributed by atoms with Crippen LogP contribution in [0.1, 0.15) is 120 Å². The molecular weight excluding hydrogens is 538 g/mol. The zero-order valence-corrected chi connectivity index (χ0v) is 28.5.